The van der Waals surface area contributed by atoms with E-state index in [9.17, 15) is 15.6 Å². The first-order valence-electron chi connectivity index (χ1n) is 6.51. The average Bonchev–Trinajstić information content (AvgIpc) is 2.75. The van der Waals surface area contributed by atoms with Gasteiger partial charge in [-0.3, -0.25) is 5.43 Å². The van der Waals surface area contributed by atoms with Crippen LogP contribution in [0.25, 0.3) is 0 Å². The molecule has 0 aromatic heterocycles. The van der Waals surface area contributed by atoms with Crippen molar-refractivity contribution in [1.29, 1.82) is 0 Å². The van der Waals surface area contributed by atoms with Crippen molar-refractivity contribution in [2.45, 2.75) is 20.3 Å². The summed E-state index contributed by atoms with van der Waals surface area (Å²) in [6.45, 7) is 3.99. The molecule has 0 fully saturated rings. The molecule has 3 unspecified atom stereocenters. The van der Waals surface area contributed by atoms with Crippen molar-refractivity contribution in [2.24, 2.45) is 11.0 Å². The number of quaternary nitrogens is 2. The Morgan fingerprint density at radius 3 is 2.52 bits per heavy atom. The summed E-state index contributed by atoms with van der Waals surface area (Å²) in [7, 11) is 0. The molecule has 0 heterocycles. The molecule has 0 spiro atoms. The zero-order valence-corrected chi connectivity index (χ0v) is 11.8. The number of hydrogen-bond donors (Lipinski definition) is 5. The fourth-order valence-corrected chi connectivity index (χ4v) is 2.23. The molecule has 0 saturated heterocycles. The van der Waals surface area contributed by atoms with E-state index in [4.69, 9.17) is 5.21 Å². The van der Waals surface area contributed by atoms with Gasteiger partial charge in [0.2, 0.25) is 0 Å². The summed E-state index contributed by atoms with van der Waals surface area (Å²) in [5, 5.41) is 42.1. The highest BCUT2D eigenvalue weighted by atomic mass is 16.8. The molecule has 1 aromatic rings. The first kappa shape index (κ1) is 15.6. The Kier molecular flexibility index (Phi) is 4.68. The highest BCUT2D eigenvalue weighted by molar-refractivity contribution is 6.03. The fraction of sp³-hybridized carbons (Fsp3) is 0.308. The second-order valence-electron chi connectivity index (χ2n) is 5.00. The number of hydrogen-bond acceptors (Lipinski definition) is 6. The maximum Gasteiger partial charge on any atom is 0.195 e. The lowest BCUT2D eigenvalue weighted by atomic mass is 10.1. The van der Waals surface area contributed by atoms with Gasteiger partial charge in [-0.25, -0.2) is 10.4 Å². The van der Waals surface area contributed by atoms with Gasteiger partial charge in [0.1, 0.15) is 5.69 Å². The molecule has 0 radical (unpaired) electrons. The van der Waals surface area contributed by atoms with Gasteiger partial charge in [-0.2, -0.15) is 15.6 Å². The molecule has 8 nitrogen and oxygen atoms in total. The van der Waals surface area contributed by atoms with Crippen molar-refractivity contribution in [2.75, 3.05) is 5.43 Å². The van der Waals surface area contributed by atoms with Crippen molar-refractivity contribution >= 4 is 22.8 Å². The summed E-state index contributed by atoms with van der Waals surface area (Å²) >= 11 is 0. The van der Waals surface area contributed by atoms with Crippen LogP contribution in [-0.4, -0.2) is 16.1 Å². The van der Waals surface area contributed by atoms with E-state index in [1.807, 2.05) is 13.8 Å². The number of allylic oxidation sites excluding steroid dienone is 2. The monoisotopic (exact) mass is 294 g/mol. The summed E-state index contributed by atoms with van der Waals surface area (Å²) in [6.07, 6.45) is 2.99. The van der Waals surface area contributed by atoms with Crippen molar-refractivity contribution in [3.63, 3.8) is 0 Å². The molecule has 21 heavy (non-hydrogen) atoms. The smallest absolute Gasteiger partial charge is 0.195 e. The van der Waals surface area contributed by atoms with Gasteiger partial charge in [-0.1, -0.05) is 13.0 Å². The first-order chi connectivity index (χ1) is 9.90. The lowest BCUT2D eigenvalue weighted by Gasteiger charge is -2.18. The molecule has 0 bridgehead atoms. The second kappa shape index (κ2) is 6.31. The predicted octanol–water partition coefficient (Wildman–Crippen LogP) is 0.247. The van der Waals surface area contributed by atoms with Crippen molar-refractivity contribution in [3.8, 4) is 0 Å². The predicted molar refractivity (Wildman–Crippen MR) is 76.6 cm³/mol. The van der Waals surface area contributed by atoms with Gasteiger partial charge in [0, 0.05) is 12.0 Å². The molecule has 0 amide bonds. The minimum Gasteiger partial charge on any atom is -0.595 e. The van der Waals surface area contributed by atoms with Crippen LogP contribution in [0.2, 0.25) is 0 Å². The Balaban J connectivity index is 2.28. The third-order valence-electron chi connectivity index (χ3n) is 3.44. The van der Waals surface area contributed by atoms with E-state index in [-0.39, 0.29) is 23.0 Å². The van der Waals surface area contributed by atoms with E-state index >= 15 is 0 Å². The maximum absolute atomic E-state index is 11.2. The van der Waals surface area contributed by atoms with Crippen molar-refractivity contribution in [3.05, 3.63) is 40.3 Å². The van der Waals surface area contributed by atoms with Crippen LogP contribution in [-0.2, 0) is 0 Å². The molecule has 0 saturated carbocycles. The van der Waals surface area contributed by atoms with Gasteiger partial charge in [0.25, 0.3) is 0 Å². The van der Waals surface area contributed by atoms with Crippen LogP contribution in [0.4, 0.5) is 17.1 Å². The van der Waals surface area contributed by atoms with Gasteiger partial charge in [-0.05, 0) is 25.0 Å². The molecular weight excluding hydrogens is 276 g/mol. The Labute approximate surface area is 121 Å². The number of hydrazone groups is 1. The highest BCUT2D eigenvalue weighted by Crippen LogP contribution is 2.24. The zero-order chi connectivity index (χ0) is 15.6. The topological polar surface area (TPSA) is 120 Å². The minimum atomic E-state index is -1.20. The minimum absolute atomic E-state index is 0.0732. The van der Waals surface area contributed by atoms with Crippen molar-refractivity contribution < 1.29 is 20.9 Å². The molecule has 0 aliphatic heterocycles. The van der Waals surface area contributed by atoms with Crippen molar-refractivity contribution in [1.82, 2.24) is 0 Å². The summed E-state index contributed by atoms with van der Waals surface area (Å²) in [5.74, 6) is 0.282. The quantitative estimate of drug-likeness (QED) is 0.510. The molecule has 8 heteroatoms. The van der Waals surface area contributed by atoms with Crippen LogP contribution < -0.4 is 15.9 Å². The normalized spacial score (nSPS) is 23.0. The Bertz CT molecular complexity index is 584. The van der Waals surface area contributed by atoms with Gasteiger partial charge < -0.3 is 10.4 Å². The van der Waals surface area contributed by atoms with E-state index in [1.54, 1.807) is 0 Å². The summed E-state index contributed by atoms with van der Waals surface area (Å²) in [5.41, 5.74) is 4.76. The van der Waals surface area contributed by atoms with E-state index in [0.29, 0.717) is 0 Å². The number of nitrogens with one attached hydrogen (secondary N) is 3. The number of rotatable bonds is 4. The molecule has 1 aromatic carbocycles. The lowest BCUT2D eigenvalue weighted by Crippen LogP contribution is -3.00. The molecule has 1 aliphatic rings. The maximum atomic E-state index is 11.2. The third-order valence-corrected chi connectivity index (χ3v) is 3.44. The number of anilines is 1. The standard InChI is InChI=1S/C13H18N4O4/c1-8-3-4-9(2)13(8)15-14-11-6-5-10(16(18)19)7-12(11)17(20)21/h3,5-7,9,14,16-18,20H,4H2,1-2H3. The van der Waals surface area contributed by atoms with Gasteiger partial charge >= 0.3 is 0 Å². The average molecular weight is 294 g/mol. The molecule has 3 atom stereocenters. The second-order valence-corrected chi connectivity index (χ2v) is 5.00. The van der Waals surface area contributed by atoms with Gasteiger partial charge in [0.05, 0.1) is 11.8 Å². The third kappa shape index (κ3) is 3.45. The largest absolute Gasteiger partial charge is 0.595 e. The summed E-state index contributed by atoms with van der Waals surface area (Å²) in [4.78, 5) is 0. The summed E-state index contributed by atoms with van der Waals surface area (Å²) < 4.78 is 0. The summed E-state index contributed by atoms with van der Waals surface area (Å²) in [6, 6.07) is 3.88. The lowest BCUT2D eigenvalue weighted by molar-refractivity contribution is -0.996. The molecular formula is C13H18N4O4. The number of benzene rings is 1. The Morgan fingerprint density at radius 1 is 1.29 bits per heavy atom. The van der Waals surface area contributed by atoms with Crippen LogP contribution in [0.15, 0.2) is 34.9 Å². The Morgan fingerprint density at radius 2 is 2.00 bits per heavy atom. The number of nitrogens with zero attached hydrogens (tertiary/aromatic N) is 1. The van der Waals surface area contributed by atoms with Crippen LogP contribution in [0.3, 0.4) is 0 Å². The molecule has 5 N–H and O–H groups in total. The van der Waals surface area contributed by atoms with Crippen LogP contribution >= 0.6 is 0 Å². The van der Waals surface area contributed by atoms with E-state index in [0.717, 1.165) is 23.8 Å². The molecule has 2 rings (SSSR count). The van der Waals surface area contributed by atoms with Gasteiger partial charge in [0.15, 0.2) is 11.4 Å². The highest BCUT2D eigenvalue weighted by Gasteiger charge is 2.19. The zero-order valence-electron chi connectivity index (χ0n) is 11.8. The Hall–Kier alpha value is -1.81. The van der Waals surface area contributed by atoms with Crippen LogP contribution in [0.5, 0.6) is 0 Å². The fourth-order valence-electron chi connectivity index (χ4n) is 2.23. The van der Waals surface area contributed by atoms with E-state index < -0.39 is 10.5 Å². The first-order valence-corrected chi connectivity index (χ1v) is 6.51. The van der Waals surface area contributed by atoms with Crippen LogP contribution in [0, 0.1) is 16.3 Å². The molecule has 1 aliphatic carbocycles. The van der Waals surface area contributed by atoms with Gasteiger partial charge in [-0.15, -0.1) is 0 Å². The molecule has 114 valence electrons. The SMILES string of the molecule is CC1=CCC(C)C1=NNc1ccc([NH+]([O-])O)cc1[NH+]([O-])O. The van der Waals surface area contributed by atoms with E-state index in [1.165, 1.54) is 12.1 Å². The van der Waals surface area contributed by atoms with Crippen LogP contribution in [0.1, 0.15) is 20.3 Å². The van der Waals surface area contributed by atoms with E-state index in [2.05, 4.69) is 16.6 Å².